The quantitative estimate of drug-likeness (QED) is 0.817. The Hall–Kier alpha value is -1.09. The van der Waals surface area contributed by atoms with Crippen LogP contribution in [0.25, 0.3) is 0 Å². The number of hydrogen-bond acceptors (Lipinski definition) is 3. The third-order valence-electron chi connectivity index (χ3n) is 3.65. The van der Waals surface area contributed by atoms with Crippen molar-refractivity contribution in [1.82, 2.24) is 10.3 Å². The summed E-state index contributed by atoms with van der Waals surface area (Å²) in [4.78, 5) is 7.20. The maximum Gasteiger partial charge on any atom is 0.129 e. The summed E-state index contributed by atoms with van der Waals surface area (Å²) in [6.45, 7) is 11.9. The number of aromatic nitrogens is 1. The summed E-state index contributed by atoms with van der Waals surface area (Å²) < 4.78 is 0. The van der Waals surface area contributed by atoms with Crippen molar-refractivity contribution >= 4 is 5.82 Å². The first-order valence-electron chi connectivity index (χ1n) is 7.55. The molecule has 1 aromatic heterocycles. The van der Waals surface area contributed by atoms with Crippen LogP contribution in [0.4, 0.5) is 5.82 Å². The van der Waals surface area contributed by atoms with Gasteiger partial charge in [-0.25, -0.2) is 4.98 Å². The van der Waals surface area contributed by atoms with E-state index in [2.05, 4.69) is 50.0 Å². The molecule has 106 valence electrons. The summed E-state index contributed by atoms with van der Waals surface area (Å²) in [6, 6.07) is 4.95. The van der Waals surface area contributed by atoms with Gasteiger partial charge < -0.3 is 10.2 Å². The minimum Gasteiger partial charge on any atom is -0.354 e. The largest absolute Gasteiger partial charge is 0.354 e. The van der Waals surface area contributed by atoms with Crippen LogP contribution in [-0.4, -0.2) is 24.1 Å². The van der Waals surface area contributed by atoms with Crippen molar-refractivity contribution in [3.63, 3.8) is 0 Å². The van der Waals surface area contributed by atoms with Gasteiger partial charge >= 0.3 is 0 Å². The third kappa shape index (κ3) is 4.20. The van der Waals surface area contributed by atoms with Gasteiger partial charge in [0, 0.05) is 24.8 Å². The molecule has 0 saturated heterocycles. The zero-order valence-corrected chi connectivity index (χ0v) is 12.7. The molecule has 3 nitrogen and oxygen atoms in total. The van der Waals surface area contributed by atoms with E-state index in [1.807, 2.05) is 0 Å². The summed E-state index contributed by atoms with van der Waals surface area (Å²) in [5.74, 6) is 2.04. The molecule has 1 N–H and O–H groups in total. The first-order chi connectivity index (χ1) is 9.10. The second kappa shape index (κ2) is 6.38. The van der Waals surface area contributed by atoms with Crippen molar-refractivity contribution in [2.24, 2.45) is 5.92 Å². The van der Waals surface area contributed by atoms with E-state index < -0.39 is 0 Å². The van der Waals surface area contributed by atoms with Gasteiger partial charge in [0.15, 0.2) is 0 Å². The predicted molar refractivity (Wildman–Crippen MR) is 81.6 cm³/mol. The van der Waals surface area contributed by atoms with E-state index in [1.54, 1.807) is 0 Å². The fourth-order valence-electron chi connectivity index (χ4n) is 2.39. The molecular weight excluding hydrogens is 234 g/mol. The predicted octanol–water partition coefficient (Wildman–Crippen LogP) is 3.12. The summed E-state index contributed by atoms with van der Waals surface area (Å²) in [7, 11) is 0. The molecule has 0 unspecified atom stereocenters. The van der Waals surface area contributed by atoms with Crippen molar-refractivity contribution < 1.29 is 0 Å². The molecule has 0 atom stereocenters. The molecule has 0 amide bonds. The van der Waals surface area contributed by atoms with Crippen LogP contribution in [0.5, 0.6) is 0 Å². The Morgan fingerprint density at radius 1 is 1.37 bits per heavy atom. The van der Waals surface area contributed by atoms with Gasteiger partial charge in [0.2, 0.25) is 0 Å². The van der Waals surface area contributed by atoms with Crippen molar-refractivity contribution in [3.05, 3.63) is 23.4 Å². The van der Waals surface area contributed by atoms with Gasteiger partial charge in [-0.3, -0.25) is 0 Å². The molecule has 0 aliphatic heterocycles. The maximum absolute atomic E-state index is 4.74. The van der Waals surface area contributed by atoms with Crippen LogP contribution in [0.3, 0.4) is 0 Å². The summed E-state index contributed by atoms with van der Waals surface area (Å²) in [5.41, 5.74) is 2.46. The number of anilines is 1. The Morgan fingerprint density at radius 2 is 2.11 bits per heavy atom. The fourth-order valence-corrected chi connectivity index (χ4v) is 2.39. The van der Waals surface area contributed by atoms with Crippen LogP contribution in [0.2, 0.25) is 0 Å². The first-order valence-corrected chi connectivity index (χ1v) is 7.55. The average molecular weight is 261 g/mol. The van der Waals surface area contributed by atoms with Gasteiger partial charge in [-0.2, -0.15) is 0 Å². The standard InChI is InChI=1S/C16H27N3/c1-5-17-10-15-8-13(4)18-16(9-15)19(12(2)3)11-14-6-7-14/h8-9,12,14,17H,5-7,10-11H2,1-4H3. The SMILES string of the molecule is CCNCc1cc(C)nc(N(CC2CC2)C(C)C)c1. The lowest BCUT2D eigenvalue weighted by molar-refractivity contribution is 0.634. The van der Waals surface area contributed by atoms with E-state index in [0.717, 1.165) is 37.1 Å². The van der Waals surface area contributed by atoms with E-state index in [4.69, 9.17) is 4.98 Å². The summed E-state index contributed by atoms with van der Waals surface area (Å²) in [6.07, 6.45) is 2.78. The number of aryl methyl sites for hydroxylation is 1. The summed E-state index contributed by atoms with van der Waals surface area (Å²) >= 11 is 0. The minimum atomic E-state index is 0.516. The highest BCUT2D eigenvalue weighted by atomic mass is 15.2. The Morgan fingerprint density at radius 3 is 2.68 bits per heavy atom. The monoisotopic (exact) mass is 261 g/mol. The zero-order chi connectivity index (χ0) is 13.8. The van der Waals surface area contributed by atoms with Crippen LogP contribution in [0.1, 0.15) is 44.9 Å². The minimum absolute atomic E-state index is 0.516. The van der Waals surface area contributed by atoms with E-state index in [-0.39, 0.29) is 0 Å². The molecule has 0 radical (unpaired) electrons. The second-order valence-electron chi connectivity index (χ2n) is 5.94. The molecule has 1 saturated carbocycles. The number of pyridine rings is 1. The molecule has 1 aliphatic carbocycles. The highest BCUT2D eigenvalue weighted by Gasteiger charge is 2.26. The van der Waals surface area contributed by atoms with Crippen LogP contribution >= 0.6 is 0 Å². The third-order valence-corrected chi connectivity index (χ3v) is 3.65. The molecule has 1 heterocycles. The Labute approximate surface area is 117 Å². The van der Waals surface area contributed by atoms with E-state index >= 15 is 0 Å². The van der Waals surface area contributed by atoms with Crippen molar-refractivity contribution in [1.29, 1.82) is 0 Å². The molecular formula is C16H27N3. The molecule has 1 aromatic rings. The van der Waals surface area contributed by atoms with E-state index in [0.29, 0.717) is 6.04 Å². The lowest BCUT2D eigenvalue weighted by atomic mass is 10.2. The normalized spacial score (nSPS) is 15.0. The molecule has 3 heteroatoms. The molecule has 0 aromatic carbocycles. The lowest BCUT2D eigenvalue weighted by Gasteiger charge is -2.28. The van der Waals surface area contributed by atoms with Gasteiger partial charge in [0.05, 0.1) is 0 Å². The molecule has 0 spiro atoms. The molecule has 1 fully saturated rings. The second-order valence-corrected chi connectivity index (χ2v) is 5.94. The van der Waals surface area contributed by atoms with E-state index in [1.165, 1.54) is 18.4 Å². The average Bonchev–Trinajstić information content (AvgIpc) is 3.16. The van der Waals surface area contributed by atoms with Crippen molar-refractivity contribution in [2.75, 3.05) is 18.0 Å². The van der Waals surface area contributed by atoms with Gasteiger partial charge in [0.25, 0.3) is 0 Å². The first kappa shape index (κ1) is 14.3. The van der Waals surface area contributed by atoms with Gasteiger partial charge in [-0.05, 0) is 63.8 Å². The summed E-state index contributed by atoms with van der Waals surface area (Å²) in [5, 5.41) is 3.39. The van der Waals surface area contributed by atoms with Crippen molar-refractivity contribution in [3.8, 4) is 0 Å². The maximum atomic E-state index is 4.74. The lowest BCUT2D eigenvalue weighted by Crippen LogP contribution is -2.33. The Kier molecular flexibility index (Phi) is 4.81. The topological polar surface area (TPSA) is 28.2 Å². The van der Waals surface area contributed by atoms with Gasteiger partial charge in [-0.15, -0.1) is 0 Å². The Bertz CT molecular complexity index is 410. The molecule has 2 rings (SSSR count). The zero-order valence-electron chi connectivity index (χ0n) is 12.7. The Balaban J connectivity index is 2.17. The number of nitrogens with zero attached hydrogens (tertiary/aromatic N) is 2. The molecule has 19 heavy (non-hydrogen) atoms. The number of nitrogens with one attached hydrogen (secondary N) is 1. The van der Waals surface area contributed by atoms with Crippen LogP contribution < -0.4 is 10.2 Å². The number of hydrogen-bond donors (Lipinski definition) is 1. The van der Waals surface area contributed by atoms with Gasteiger partial charge in [-0.1, -0.05) is 6.92 Å². The molecule has 0 bridgehead atoms. The smallest absolute Gasteiger partial charge is 0.129 e. The van der Waals surface area contributed by atoms with Crippen molar-refractivity contribution in [2.45, 2.75) is 53.1 Å². The van der Waals surface area contributed by atoms with Crippen LogP contribution in [-0.2, 0) is 6.54 Å². The molecule has 1 aliphatic rings. The van der Waals surface area contributed by atoms with Crippen LogP contribution in [0.15, 0.2) is 12.1 Å². The van der Waals surface area contributed by atoms with Crippen LogP contribution in [0, 0.1) is 12.8 Å². The number of rotatable bonds is 7. The van der Waals surface area contributed by atoms with E-state index in [9.17, 15) is 0 Å². The highest BCUT2D eigenvalue weighted by molar-refractivity contribution is 5.43. The highest BCUT2D eigenvalue weighted by Crippen LogP contribution is 2.32. The van der Waals surface area contributed by atoms with Gasteiger partial charge in [0.1, 0.15) is 5.82 Å². The fraction of sp³-hybridized carbons (Fsp3) is 0.688.